The Morgan fingerprint density at radius 1 is 1.17 bits per heavy atom. The largest absolute Gasteiger partial charge is 0.383 e. The molecule has 6 nitrogen and oxygen atoms in total. The van der Waals surface area contributed by atoms with Crippen molar-refractivity contribution < 1.29 is 9.53 Å². The molecule has 1 aromatic heterocycles. The Balaban J connectivity index is 0.00000288. The van der Waals surface area contributed by atoms with Gasteiger partial charge >= 0.3 is 0 Å². The number of ether oxygens (including phenoxy) is 1. The summed E-state index contributed by atoms with van der Waals surface area (Å²) < 4.78 is 6.76. The van der Waals surface area contributed by atoms with Crippen LogP contribution in [0.25, 0.3) is 5.69 Å². The first-order chi connectivity index (χ1) is 11.1. The molecule has 0 saturated heterocycles. The molecule has 0 spiro atoms. The number of aromatic nitrogens is 2. The second kappa shape index (κ2) is 10.1. The summed E-state index contributed by atoms with van der Waals surface area (Å²) in [4.78, 5) is 12.4. The summed E-state index contributed by atoms with van der Waals surface area (Å²) in [5.41, 5.74) is 3.17. The van der Waals surface area contributed by atoms with Crippen LogP contribution in [0.2, 0.25) is 0 Å². The van der Waals surface area contributed by atoms with E-state index in [1.807, 2.05) is 44.2 Å². The van der Waals surface area contributed by atoms with E-state index >= 15 is 0 Å². The second-order valence-electron chi connectivity index (χ2n) is 5.29. The van der Waals surface area contributed by atoms with E-state index in [1.54, 1.807) is 11.8 Å². The van der Waals surface area contributed by atoms with Gasteiger partial charge in [-0.15, -0.1) is 12.4 Å². The summed E-state index contributed by atoms with van der Waals surface area (Å²) in [6.45, 7) is 6.49. The maximum absolute atomic E-state index is 12.4. The maximum atomic E-state index is 12.4. The molecule has 0 aliphatic carbocycles. The lowest BCUT2D eigenvalue weighted by molar-refractivity contribution is 0.0952. The van der Waals surface area contributed by atoms with Crippen LogP contribution < -0.4 is 10.6 Å². The number of amides is 1. The molecule has 1 aromatic carbocycles. The molecule has 0 aliphatic rings. The van der Waals surface area contributed by atoms with Crippen LogP contribution in [0.15, 0.2) is 30.3 Å². The number of carbonyl (C=O) groups excluding carboxylic acids is 1. The first-order valence-corrected chi connectivity index (χ1v) is 7.74. The second-order valence-corrected chi connectivity index (χ2v) is 5.29. The third-order valence-corrected chi connectivity index (χ3v) is 3.59. The molecule has 0 atom stereocenters. The van der Waals surface area contributed by atoms with Crippen LogP contribution in [0, 0.1) is 13.8 Å². The minimum atomic E-state index is -0.0873. The number of para-hydroxylation sites is 1. The van der Waals surface area contributed by atoms with Crippen molar-refractivity contribution in [2.24, 2.45) is 0 Å². The molecule has 24 heavy (non-hydrogen) atoms. The molecule has 0 fully saturated rings. The lowest BCUT2D eigenvalue weighted by Gasteiger charge is -2.07. The van der Waals surface area contributed by atoms with Gasteiger partial charge in [0.15, 0.2) is 0 Å². The average Bonchev–Trinajstić information content (AvgIpc) is 2.86. The van der Waals surface area contributed by atoms with Gasteiger partial charge in [0.1, 0.15) is 0 Å². The Bertz CT molecular complexity index is 644. The molecule has 132 valence electrons. The fourth-order valence-corrected chi connectivity index (χ4v) is 2.44. The Labute approximate surface area is 149 Å². The van der Waals surface area contributed by atoms with Crippen molar-refractivity contribution in [3.05, 3.63) is 47.3 Å². The summed E-state index contributed by atoms with van der Waals surface area (Å²) >= 11 is 0. The molecule has 0 aliphatic heterocycles. The van der Waals surface area contributed by atoms with Crippen LogP contribution >= 0.6 is 12.4 Å². The van der Waals surface area contributed by atoms with Gasteiger partial charge in [-0.05, 0) is 26.0 Å². The SMILES string of the molecule is COCCNCCNC(=O)c1c(C)nn(-c2ccccc2)c1C.Cl. The van der Waals surface area contributed by atoms with Crippen LogP contribution in [0.5, 0.6) is 0 Å². The molecule has 2 rings (SSSR count). The van der Waals surface area contributed by atoms with E-state index < -0.39 is 0 Å². The highest BCUT2D eigenvalue weighted by atomic mass is 35.5. The highest BCUT2D eigenvalue weighted by Gasteiger charge is 2.18. The van der Waals surface area contributed by atoms with Gasteiger partial charge < -0.3 is 15.4 Å². The zero-order valence-electron chi connectivity index (χ0n) is 14.3. The predicted octanol–water partition coefficient (Wildman–Crippen LogP) is 1.88. The number of nitrogens with zero attached hydrogens (tertiary/aromatic N) is 2. The molecule has 0 bridgehead atoms. The fraction of sp³-hybridized carbons (Fsp3) is 0.412. The van der Waals surface area contributed by atoms with Gasteiger partial charge in [-0.25, -0.2) is 4.68 Å². The number of rotatable bonds is 8. The molecule has 7 heteroatoms. The number of halogens is 1. The zero-order chi connectivity index (χ0) is 16.7. The van der Waals surface area contributed by atoms with E-state index in [1.165, 1.54) is 0 Å². The first-order valence-electron chi connectivity index (χ1n) is 7.74. The monoisotopic (exact) mass is 352 g/mol. The molecule has 0 unspecified atom stereocenters. The molecule has 0 saturated carbocycles. The van der Waals surface area contributed by atoms with Gasteiger partial charge in [0.25, 0.3) is 5.91 Å². The third kappa shape index (κ3) is 5.06. The topological polar surface area (TPSA) is 68.2 Å². The number of aryl methyl sites for hydroxylation is 1. The Kier molecular flexibility index (Phi) is 8.46. The van der Waals surface area contributed by atoms with Crippen molar-refractivity contribution in [3.63, 3.8) is 0 Å². The summed E-state index contributed by atoms with van der Waals surface area (Å²) in [6.07, 6.45) is 0. The van der Waals surface area contributed by atoms with Gasteiger partial charge in [-0.1, -0.05) is 18.2 Å². The van der Waals surface area contributed by atoms with Crippen molar-refractivity contribution in [2.75, 3.05) is 33.4 Å². The van der Waals surface area contributed by atoms with E-state index in [-0.39, 0.29) is 18.3 Å². The van der Waals surface area contributed by atoms with Gasteiger partial charge in [0.2, 0.25) is 0 Å². The van der Waals surface area contributed by atoms with Crippen molar-refractivity contribution in [1.29, 1.82) is 0 Å². The lowest BCUT2D eigenvalue weighted by atomic mass is 10.2. The molecule has 0 radical (unpaired) electrons. The highest BCUT2D eigenvalue weighted by molar-refractivity contribution is 5.96. The van der Waals surface area contributed by atoms with Gasteiger partial charge in [0.05, 0.1) is 29.2 Å². The highest BCUT2D eigenvalue weighted by Crippen LogP contribution is 2.17. The summed E-state index contributed by atoms with van der Waals surface area (Å²) in [5.74, 6) is -0.0873. The number of benzene rings is 1. The molecule has 1 heterocycles. The summed E-state index contributed by atoms with van der Waals surface area (Å²) in [6, 6.07) is 9.81. The number of nitrogens with one attached hydrogen (secondary N) is 2. The normalized spacial score (nSPS) is 10.3. The Morgan fingerprint density at radius 3 is 2.54 bits per heavy atom. The zero-order valence-corrected chi connectivity index (χ0v) is 15.2. The summed E-state index contributed by atoms with van der Waals surface area (Å²) in [5, 5.41) is 10.6. The average molecular weight is 353 g/mol. The quantitative estimate of drug-likeness (QED) is 0.712. The lowest BCUT2D eigenvalue weighted by Crippen LogP contribution is -2.33. The van der Waals surface area contributed by atoms with E-state index in [2.05, 4.69) is 15.7 Å². The third-order valence-electron chi connectivity index (χ3n) is 3.59. The number of hydrogen-bond donors (Lipinski definition) is 2. The van der Waals surface area contributed by atoms with Crippen molar-refractivity contribution >= 4 is 18.3 Å². The molecule has 1 amide bonds. The van der Waals surface area contributed by atoms with Crippen LogP contribution in [-0.2, 0) is 4.74 Å². The van der Waals surface area contributed by atoms with Crippen molar-refractivity contribution in [2.45, 2.75) is 13.8 Å². The van der Waals surface area contributed by atoms with Gasteiger partial charge in [-0.3, -0.25) is 4.79 Å². The van der Waals surface area contributed by atoms with E-state index in [4.69, 9.17) is 4.74 Å². The Morgan fingerprint density at radius 2 is 1.88 bits per heavy atom. The minimum Gasteiger partial charge on any atom is -0.383 e. The van der Waals surface area contributed by atoms with Crippen LogP contribution in [0.4, 0.5) is 0 Å². The standard InChI is InChI=1S/C17H24N4O2.ClH/c1-13-16(17(22)19-10-9-18-11-12-23-3)14(2)21(20-13)15-7-5-4-6-8-15;/h4-8,18H,9-12H2,1-3H3,(H,19,22);1H. The predicted molar refractivity (Wildman–Crippen MR) is 97.4 cm³/mol. The summed E-state index contributed by atoms with van der Waals surface area (Å²) in [7, 11) is 1.67. The molecular weight excluding hydrogens is 328 g/mol. The number of hydrogen-bond acceptors (Lipinski definition) is 4. The van der Waals surface area contributed by atoms with Gasteiger partial charge in [0, 0.05) is 26.7 Å². The number of carbonyl (C=O) groups is 1. The van der Waals surface area contributed by atoms with Crippen molar-refractivity contribution in [1.82, 2.24) is 20.4 Å². The van der Waals surface area contributed by atoms with Crippen molar-refractivity contribution in [3.8, 4) is 5.69 Å². The molecule has 2 aromatic rings. The van der Waals surface area contributed by atoms with Crippen LogP contribution in [0.1, 0.15) is 21.7 Å². The smallest absolute Gasteiger partial charge is 0.255 e. The maximum Gasteiger partial charge on any atom is 0.255 e. The van der Waals surface area contributed by atoms with Gasteiger partial charge in [-0.2, -0.15) is 5.10 Å². The number of methoxy groups -OCH3 is 1. The molecular formula is C17H25ClN4O2. The van der Waals surface area contributed by atoms with E-state index in [9.17, 15) is 4.79 Å². The van der Waals surface area contributed by atoms with E-state index in [0.717, 1.165) is 23.6 Å². The Hall–Kier alpha value is -1.89. The fourth-order valence-electron chi connectivity index (χ4n) is 2.44. The van der Waals surface area contributed by atoms with E-state index in [0.29, 0.717) is 25.3 Å². The minimum absolute atomic E-state index is 0. The first kappa shape index (κ1) is 20.2. The molecule has 2 N–H and O–H groups in total. The van der Waals surface area contributed by atoms with Crippen LogP contribution in [0.3, 0.4) is 0 Å². The van der Waals surface area contributed by atoms with Crippen LogP contribution in [-0.4, -0.2) is 49.0 Å².